The largest absolute Gasteiger partial charge is 0.480 e. The number of carboxylic acids is 1. The standard InChI is InChI=1S/C12H21NO2/c13-11(12(14)15)7-10(8-3-1-4-8)9-5-2-6-9/h8-11H,1-7,13H2,(H,14,15). The minimum Gasteiger partial charge on any atom is -0.480 e. The van der Waals surface area contributed by atoms with E-state index in [4.69, 9.17) is 10.8 Å². The SMILES string of the molecule is NC(CC(C1CCC1)C1CCC1)C(=O)O. The zero-order valence-electron chi connectivity index (χ0n) is 9.19. The van der Waals surface area contributed by atoms with Crippen LogP contribution >= 0.6 is 0 Å². The molecule has 2 aliphatic rings. The maximum Gasteiger partial charge on any atom is 0.320 e. The monoisotopic (exact) mass is 211 g/mol. The summed E-state index contributed by atoms with van der Waals surface area (Å²) in [5.74, 6) is 1.32. The molecule has 2 aliphatic carbocycles. The van der Waals surface area contributed by atoms with Gasteiger partial charge in [-0.3, -0.25) is 4.79 Å². The first-order chi connectivity index (χ1) is 7.18. The van der Waals surface area contributed by atoms with Crippen molar-refractivity contribution in [1.82, 2.24) is 0 Å². The summed E-state index contributed by atoms with van der Waals surface area (Å²) in [6.45, 7) is 0. The molecule has 3 N–H and O–H groups in total. The van der Waals surface area contributed by atoms with Gasteiger partial charge in [0.25, 0.3) is 0 Å². The van der Waals surface area contributed by atoms with Crippen LogP contribution in [0.25, 0.3) is 0 Å². The lowest BCUT2D eigenvalue weighted by Gasteiger charge is -2.43. The Kier molecular flexibility index (Phi) is 3.29. The minimum absolute atomic E-state index is 0.596. The van der Waals surface area contributed by atoms with Crippen molar-refractivity contribution in [2.24, 2.45) is 23.5 Å². The molecule has 2 fully saturated rings. The molecule has 0 aromatic heterocycles. The lowest BCUT2D eigenvalue weighted by Crippen LogP contribution is -2.40. The first kappa shape index (κ1) is 10.9. The molecule has 3 heteroatoms. The summed E-state index contributed by atoms with van der Waals surface area (Å²) < 4.78 is 0. The van der Waals surface area contributed by atoms with Gasteiger partial charge in [0.05, 0.1) is 0 Å². The highest BCUT2D eigenvalue weighted by molar-refractivity contribution is 5.73. The molecule has 0 spiro atoms. The average molecular weight is 211 g/mol. The van der Waals surface area contributed by atoms with Crippen molar-refractivity contribution in [1.29, 1.82) is 0 Å². The molecule has 0 radical (unpaired) electrons. The lowest BCUT2D eigenvalue weighted by molar-refractivity contribution is -0.139. The fourth-order valence-corrected chi connectivity index (χ4v) is 2.90. The van der Waals surface area contributed by atoms with Crippen LogP contribution in [0.1, 0.15) is 44.9 Å². The van der Waals surface area contributed by atoms with E-state index in [0.717, 1.165) is 11.8 Å². The molecule has 3 nitrogen and oxygen atoms in total. The molecule has 0 amide bonds. The van der Waals surface area contributed by atoms with E-state index in [2.05, 4.69) is 0 Å². The predicted molar refractivity (Wildman–Crippen MR) is 58.4 cm³/mol. The molecule has 0 aromatic carbocycles. The topological polar surface area (TPSA) is 63.3 Å². The number of rotatable bonds is 5. The molecule has 2 rings (SSSR count). The van der Waals surface area contributed by atoms with Crippen LogP contribution in [0.4, 0.5) is 0 Å². The first-order valence-electron chi connectivity index (χ1n) is 6.17. The third-order valence-corrected chi connectivity index (χ3v) is 4.35. The fourth-order valence-electron chi connectivity index (χ4n) is 2.90. The van der Waals surface area contributed by atoms with E-state index < -0.39 is 12.0 Å². The summed E-state index contributed by atoms with van der Waals surface area (Å²) >= 11 is 0. The number of aliphatic carboxylic acids is 1. The molecule has 86 valence electrons. The normalized spacial score (nSPS) is 24.7. The van der Waals surface area contributed by atoms with Gasteiger partial charge in [-0.05, 0) is 24.2 Å². The van der Waals surface area contributed by atoms with E-state index in [1.54, 1.807) is 0 Å². The van der Waals surface area contributed by atoms with Crippen molar-refractivity contribution in [2.45, 2.75) is 51.0 Å². The second-order valence-corrected chi connectivity index (χ2v) is 5.23. The van der Waals surface area contributed by atoms with E-state index in [9.17, 15) is 4.79 Å². The smallest absolute Gasteiger partial charge is 0.320 e. The second-order valence-electron chi connectivity index (χ2n) is 5.23. The number of nitrogens with two attached hydrogens (primary N) is 1. The molecule has 0 saturated heterocycles. The van der Waals surface area contributed by atoms with Gasteiger partial charge in [0.1, 0.15) is 6.04 Å². The molecule has 0 aromatic rings. The quantitative estimate of drug-likeness (QED) is 0.731. The third kappa shape index (κ3) is 2.33. The van der Waals surface area contributed by atoms with Crippen LogP contribution in [0.5, 0.6) is 0 Å². The Morgan fingerprint density at radius 1 is 1.20 bits per heavy atom. The first-order valence-corrected chi connectivity index (χ1v) is 6.17. The maximum atomic E-state index is 10.8. The molecule has 0 heterocycles. The van der Waals surface area contributed by atoms with Crippen molar-refractivity contribution in [3.8, 4) is 0 Å². The predicted octanol–water partition coefficient (Wildman–Crippen LogP) is 2.00. The maximum absolute atomic E-state index is 10.8. The Labute approximate surface area is 91.0 Å². The Morgan fingerprint density at radius 2 is 1.67 bits per heavy atom. The molecule has 15 heavy (non-hydrogen) atoms. The molecule has 0 aliphatic heterocycles. The Balaban J connectivity index is 1.89. The van der Waals surface area contributed by atoms with Crippen molar-refractivity contribution in [3.63, 3.8) is 0 Å². The van der Waals surface area contributed by atoms with Crippen LogP contribution in [-0.4, -0.2) is 17.1 Å². The van der Waals surface area contributed by atoms with Gasteiger partial charge in [-0.1, -0.05) is 38.5 Å². The van der Waals surface area contributed by atoms with Crippen LogP contribution in [0.3, 0.4) is 0 Å². The number of carbonyl (C=O) groups is 1. The third-order valence-electron chi connectivity index (χ3n) is 4.35. The number of hydrogen-bond donors (Lipinski definition) is 2. The summed E-state index contributed by atoms with van der Waals surface area (Å²) in [5, 5.41) is 8.85. The highest BCUT2D eigenvalue weighted by Gasteiger charge is 2.37. The zero-order chi connectivity index (χ0) is 10.8. The van der Waals surface area contributed by atoms with Gasteiger partial charge in [0.2, 0.25) is 0 Å². The van der Waals surface area contributed by atoms with Crippen molar-refractivity contribution in [3.05, 3.63) is 0 Å². The van der Waals surface area contributed by atoms with Gasteiger partial charge in [0, 0.05) is 0 Å². The molecule has 0 bridgehead atoms. The van der Waals surface area contributed by atoms with Gasteiger partial charge in [-0.25, -0.2) is 0 Å². The van der Waals surface area contributed by atoms with Gasteiger partial charge in [0.15, 0.2) is 0 Å². The fraction of sp³-hybridized carbons (Fsp3) is 0.917. The van der Waals surface area contributed by atoms with E-state index >= 15 is 0 Å². The van der Waals surface area contributed by atoms with Gasteiger partial charge in [-0.2, -0.15) is 0 Å². The number of carboxylic acid groups (broad SMARTS) is 1. The molecule has 2 saturated carbocycles. The zero-order valence-corrected chi connectivity index (χ0v) is 9.19. The van der Waals surface area contributed by atoms with Crippen molar-refractivity contribution < 1.29 is 9.90 Å². The molecule has 1 atom stereocenters. The van der Waals surface area contributed by atoms with Crippen molar-refractivity contribution >= 4 is 5.97 Å². The van der Waals surface area contributed by atoms with E-state index in [1.165, 1.54) is 38.5 Å². The lowest BCUT2D eigenvalue weighted by atomic mass is 9.63. The summed E-state index contributed by atoms with van der Waals surface area (Å²) in [7, 11) is 0. The van der Waals surface area contributed by atoms with Crippen LogP contribution in [0, 0.1) is 17.8 Å². The van der Waals surface area contributed by atoms with Crippen molar-refractivity contribution in [2.75, 3.05) is 0 Å². The second kappa shape index (κ2) is 4.52. The summed E-state index contributed by atoms with van der Waals surface area (Å²) in [4.78, 5) is 10.8. The van der Waals surface area contributed by atoms with E-state index in [1.807, 2.05) is 0 Å². The Bertz CT molecular complexity index is 220. The summed E-state index contributed by atoms with van der Waals surface area (Å²) in [5.41, 5.74) is 5.65. The van der Waals surface area contributed by atoms with Gasteiger partial charge < -0.3 is 10.8 Å². The van der Waals surface area contributed by atoms with Crippen LogP contribution in [-0.2, 0) is 4.79 Å². The molecule has 1 unspecified atom stereocenters. The van der Waals surface area contributed by atoms with Crippen LogP contribution in [0.15, 0.2) is 0 Å². The molecular formula is C12H21NO2. The summed E-state index contributed by atoms with van der Waals surface area (Å²) in [6, 6.07) is -0.642. The van der Waals surface area contributed by atoms with Gasteiger partial charge in [-0.15, -0.1) is 0 Å². The van der Waals surface area contributed by atoms with E-state index in [0.29, 0.717) is 12.3 Å². The Morgan fingerprint density at radius 3 is 1.93 bits per heavy atom. The Hall–Kier alpha value is -0.570. The van der Waals surface area contributed by atoms with Gasteiger partial charge >= 0.3 is 5.97 Å². The van der Waals surface area contributed by atoms with Crippen LogP contribution in [0.2, 0.25) is 0 Å². The average Bonchev–Trinajstić information content (AvgIpc) is 1.96. The van der Waals surface area contributed by atoms with Crippen LogP contribution < -0.4 is 5.73 Å². The highest BCUT2D eigenvalue weighted by Crippen LogP contribution is 2.46. The minimum atomic E-state index is -0.835. The molecular weight excluding hydrogens is 190 g/mol. The summed E-state index contributed by atoms with van der Waals surface area (Å²) in [6.07, 6.45) is 8.55. The highest BCUT2D eigenvalue weighted by atomic mass is 16.4. The number of hydrogen-bond acceptors (Lipinski definition) is 2. The van der Waals surface area contributed by atoms with E-state index in [-0.39, 0.29) is 0 Å².